The Hall–Kier alpha value is -3.04. The third-order valence-electron chi connectivity index (χ3n) is 3.76. The van der Waals surface area contributed by atoms with E-state index in [1.807, 2.05) is 4.90 Å². The van der Waals surface area contributed by atoms with E-state index in [0.717, 1.165) is 25.2 Å². The molecule has 10 nitrogen and oxygen atoms in total. The van der Waals surface area contributed by atoms with Gasteiger partial charge in [0.25, 0.3) is 0 Å². The summed E-state index contributed by atoms with van der Waals surface area (Å²) in [5, 5.41) is 8.83. The van der Waals surface area contributed by atoms with E-state index in [9.17, 15) is 9.59 Å². The molecule has 0 spiro atoms. The number of H-pyrrole nitrogens is 1. The molecule has 10 heteroatoms. The molecule has 24 heavy (non-hydrogen) atoms. The molecule has 1 amide bonds. The van der Waals surface area contributed by atoms with E-state index in [1.54, 1.807) is 18.6 Å². The van der Waals surface area contributed by atoms with Crippen LogP contribution in [0.4, 0.5) is 11.8 Å². The Morgan fingerprint density at radius 1 is 1.42 bits per heavy atom. The Bertz CT molecular complexity index is 718. The molecule has 2 N–H and O–H groups in total. The summed E-state index contributed by atoms with van der Waals surface area (Å²) in [4.78, 5) is 38.0. The van der Waals surface area contributed by atoms with Gasteiger partial charge in [-0.2, -0.15) is 4.98 Å². The van der Waals surface area contributed by atoms with Crippen LogP contribution >= 0.6 is 0 Å². The second-order valence-corrected chi connectivity index (χ2v) is 5.34. The van der Waals surface area contributed by atoms with Crippen LogP contribution in [0.5, 0.6) is 0 Å². The molecule has 0 bridgehead atoms. The summed E-state index contributed by atoms with van der Waals surface area (Å²) in [5.41, 5.74) is 0. The Balaban J connectivity index is 1.62. The molecule has 0 radical (unpaired) electrons. The van der Waals surface area contributed by atoms with E-state index in [-0.39, 0.29) is 23.6 Å². The topological polar surface area (TPSA) is 126 Å². The zero-order chi connectivity index (χ0) is 16.9. The van der Waals surface area contributed by atoms with Crippen LogP contribution in [0.15, 0.2) is 18.6 Å². The Morgan fingerprint density at radius 3 is 3.04 bits per heavy atom. The Labute approximate surface area is 137 Å². The number of nitrogens with one attached hydrogen (secondary N) is 2. The van der Waals surface area contributed by atoms with Gasteiger partial charge in [-0.3, -0.25) is 20.2 Å². The van der Waals surface area contributed by atoms with Gasteiger partial charge < -0.3 is 9.64 Å². The fraction of sp³-hybridized carbons (Fsp3) is 0.429. The van der Waals surface area contributed by atoms with Crippen LogP contribution in [-0.4, -0.2) is 57.2 Å². The van der Waals surface area contributed by atoms with Gasteiger partial charge in [-0.25, -0.2) is 9.78 Å². The van der Waals surface area contributed by atoms with Gasteiger partial charge in [-0.05, 0) is 12.8 Å². The molecule has 1 unspecified atom stereocenters. The van der Waals surface area contributed by atoms with Gasteiger partial charge in [-0.1, -0.05) is 0 Å². The van der Waals surface area contributed by atoms with Crippen molar-refractivity contribution in [1.82, 2.24) is 25.1 Å². The number of rotatable bonds is 4. The molecule has 1 aliphatic heterocycles. The first-order valence-electron chi connectivity index (χ1n) is 7.50. The largest absolute Gasteiger partial charge is 0.463 e. The molecule has 2 aromatic heterocycles. The number of aromatic nitrogens is 5. The Morgan fingerprint density at radius 2 is 2.29 bits per heavy atom. The molecule has 3 rings (SSSR count). The molecule has 126 valence electrons. The Kier molecular flexibility index (Phi) is 4.64. The number of anilines is 2. The van der Waals surface area contributed by atoms with Crippen molar-refractivity contribution < 1.29 is 14.3 Å². The standard InChI is InChI=1S/C14H17N7O3/c1-24-13(23)11-17-14(20-19-11)18-12(22)9-3-2-6-21(8-9)10-7-15-4-5-16-10/h4-5,7,9H,2-3,6,8H2,1H3,(H2,17,18,19,20,22). The molecule has 1 saturated heterocycles. The summed E-state index contributed by atoms with van der Waals surface area (Å²) in [5.74, 6) is -0.315. The van der Waals surface area contributed by atoms with E-state index in [4.69, 9.17) is 0 Å². The maximum Gasteiger partial charge on any atom is 0.375 e. The zero-order valence-electron chi connectivity index (χ0n) is 13.1. The number of methoxy groups -OCH3 is 1. The monoisotopic (exact) mass is 331 g/mol. The SMILES string of the molecule is COC(=O)c1nc(NC(=O)C2CCCN(c3cnccn3)C2)n[nH]1. The number of piperidine rings is 1. The average Bonchev–Trinajstić information content (AvgIpc) is 3.10. The maximum atomic E-state index is 12.4. The molecule has 1 atom stereocenters. The summed E-state index contributed by atoms with van der Waals surface area (Å²) < 4.78 is 4.53. The van der Waals surface area contributed by atoms with Gasteiger partial charge in [-0.15, -0.1) is 5.10 Å². The van der Waals surface area contributed by atoms with Crippen LogP contribution in [0, 0.1) is 5.92 Å². The summed E-state index contributed by atoms with van der Waals surface area (Å²) >= 11 is 0. The maximum absolute atomic E-state index is 12.4. The van der Waals surface area contributed by atoms with E-state index in [1.165, 1.54) is 7.11 Å². The highest BCUT2D eigenvalue weighted by atomic mass is 16.5. The number of ether oxygens (including phenoxy) is 1. The number of esters is 1. The number of hydrogen-bond donors (Lipinski definition) is 2. The predicted molar refractivity (Wildman–Crippen MR) is 83.3 cm³/mol. The number of aromatic amines is 1. The summed E-state index contributed by atoms with van der Waals surface area (Å²) in [6.07, 6.45) is 6.55. The quantitative estimate of drug-likeness (QED) is 0.763. The van der Waals surface area contributed by atoms with Gasteiger partial charge >= 0.3 is 5.97 Å². The van der Waals surface area contributed by atoms with Gasteiger partial charge in [0.05, 0.1) is 19.2 Å². The van der Waals surface area contributed by atoms with Crippen molar-refractivity contribution in [2.75, 3.05) is 30.4 Å². The van der Waals surface area contributed by atoms with E-state index >= 15 is 0 Å². The summed E-state index contributed by atoms with van der Waals surface area (Å²) in [7, 11) is 1.24. The van der Waals surface area contributed by atoms with Crippen molar-refractivity contribution in [3.05, 3.63) is 24.4 Å². The van der Waals surface area contributed by atoms with Crippen LogP contribution in [0.25, 0.3) is 0 Å². The van der Waals surface area contributed by atoms with Crippen LogP contribution in [0.3, 0.4) is 0 Å². The number of amides is 1. The van der Waals surface area contributed by atoms with Crippen molar-refractivity contribution in [3.63, 3.8) is 0 Å². The van der Waals surface area contributed by atoms with Crippen molar-refractivity contribution in [2.45, 2.75) is 12.8 Å². The van der Waals surface area contributed by atoms with Gasteiger partial charge in [0.15, 0.2) is 0 Å². The molecule has 1 fully saturated rings. The van der Waals surface area contributed by atoms with Crippen LogP contribution in [-0.2, 0) is 9.53 Å². The smallest absolute Gasteiger partial charge is 0.375 e. The fourth-order valence-corrected chi connectivity index (χ4v) is 2.57. The summed E-state index contributed by atoms with van der Waals surface area (Å²) in [6, 6.07) is 0. The van der Waals surface area contributed by atoms with E-state index in [2.05, 4.69) is 35.2 Å². The number of carbonyl (C=O) groups is 2. The molecule has 0 saturated carbocycles. The number of nitrogens with zero attached hydrogens (tertiary/aromatic N) is 5. The van der Waals surface area contributed by atoms with Crippen molar-refractivity contribution in [3.8, 4) is 0 Å². The molecular formula is C14H17N7O3. The minimum Gasteiger partial charge on any atom is -0.463 e. The highest BCUT2D eigenvalue weighted by molar-refractivity contribution is 5.92. The second kappa shape index (κ2) is 7.02. The lowest BCUT2D eigenvalue weighted by molar-refractivity contribution is -0.120. The lowest BCUT2D eigenvalue weighted by atomic mass is 9.97. The van der Waals surface area contributed by atoms with Crippen LogP contribution in [0.1, 0.15) is 23.5 Å². The number of hydrogen-bond acceptors (Lipinski definition) is 8. The lowest BCUT2D eigenvalue weighted by Crippen LogP contribution is -2.41. The van der Waals surface area contributed by atoms with Gasteiger partial charge in [0, 0.05) is 25.5 Å². The molecule has 0 aromatic carbocycles. The third kappa shape index (κ3) is 3.47. The normalized spacial score (nSPS) is 17.4. The van der Waals surface area contributed by atoms with Gasteiger partial charge in [0.2, 0.25) is 17.7 Å². The zero-order valence-corrected chi connectivity index (χ0v) is 13.1. The lowest BCUT2D eigenvalue weighted by Gasteiger charge is -2.32. The third-order valence-corrected chi connectivity index (χ3v) is 3.76. The van der Waals surface area contributed by atoms with Gasteiger partial charge in [0.1, 0.15) is 5.82 Å². The van der Waals surface area contributed by atoms with E-state index < -0.39 is 5.97 Å². The highest BCUT2D eigenvalue weighted by Gasteiger charge is 2.27. The molecule has 2 aromatic rings. The number of carbonyl (C=O) groups excluding carboxylic acids is 2. The predicted octanol–water partition coefficient (Wildman–Crippen LogP) is 0.236. The average molecular weight is 331 g/mol. The molecule has 0 aliphatic carbocycles. The van der Waals surface area contributed by atoms with Crippen LogP contribution in [0.2, 0.25) is 0 Å². The second-order valence-electron chi connectivity index (χ2n) is 5.34. The minimum absolute atomic E-state index is 0.0528. The fourth-order valence-electron chi connectivity index (χ4n) is 2.57. The van der Waals surface area contributed by atoms with Crippen molar-refractivity contribution in [2.24, 2.45) is 5.92 Å². The van der Waals surface area contributed by atoms with Crippen molar-refractivity contribution >= 4 is 23.6 Å². The molecule has 3 heterocycles. The van der Waals surface area contributed by atoms with Crippen LogP contribution < -0.4 is 10.2 Å². The molecule has 1 aliphatic rings. The first kappa shape index (κ1) is 15.8. The molecular weight excluding hydrogens is 314 g/mol. The first-order chi connectivity index (χ1) is 11.7. The first-order valence-corrected chi connectivity index (χ1v) is 7.50. The van der Waals surface area contributed by atoms with E-state index in [0.29, 0.717) is 6.54 Å². The van der Waals surface area contributed by atoms with Crippen molar-refractivity contribution in [1.29, 1.82) is 0 Å². The minimum atomic E-state index is -0.644. The summed E-state index contributed by atoms with van der Waals surface area (Å²) in [6.45, 7) is 1.37. The highest BCUT2D eigenvalue weighted by Crippen LogP contribution is 2.21.